The third kappa shape index (κ3) is 2.45. The lowest BCUT2D eigenvalue weighted by Crippen LogP contribution is -2.47. The van der Waals surface area contributed by atoms with Crippen LogP contribution in [0.4, 0.5) is 10.1 Å². The van der Waals surface area contributed by atoms with E-state index in [4.69, 9.17) is 5.73 Å². The molecule has 1 aromatic carbocycles. The zero-order valence-electron chi connectivity index (χ0n) is 11.1. The number of hydrogen-bond donors (Lipinski definition) is 3. The molecule has 108 valence electrons. The molecule has 1 aromatic rings. The summed E-state index contributed by atoms with van der Waals surface area (Å²) >= 11 is 0. The van der Waals surface area contributed by atoms with Crippen molar-refractivity contribution in [3.63, 3.8) is 0 Å². The molecule has 1 amide bonds. The van der Waals surface area contributed by atoms with Gasteiger partial charge in [-0.05, 0) is 38.0 Å². The number of carbonyl (C=O) groups is 2. The van der Waals surface area contributed by atoms with Crippen LogP contribution in [0.5, 0.6) is 0 Å². The first-order valence-electron chi connectivity index (χ1n) is 6.44. The summed E-state index contributed by atoms with van der Waals surface area (Å²) in [7, 11) is 0. The summed E-state index contributed by atoms with van der Waals surface area (Å²) in [6, 6.07) is 3.31. The Morgan fingerprint density at radius 1 is 1.50 bits per heavy atom. The van der Waals surface area contributed by atoms with E-state index in [1.54, 1.807) is 6.92 Å². The third-order valence-corrected chi connectivity index (χ3v) is 3.99. The molecule has 0 aliphatic heterocycles. The molecule has 2 rings (SSSR count). The molecule has 5 nitrogen and oxygen atoms in total. The van der Waals surface area contributed by atoms with Crippen LogP contribution in [0.2, 0.25) is 0 Å². The number of anilines is 1. The molecule has 0 radical (unpaired) electrons. The zero-order valence-corrected chi connectivity index (χ0v) is 11.1. The molecule has 1 fully saturated rings. The SMILES string of the molecule is CC1(C(=O)O)CCCC1NC(=O)c1ccc(N)cc1F. The number of carbonyl (C=O) groups excluding carboxylic acids is 1. The molecular weight excluding hydrogens is 263 g/mol. The molecule has 2 unspecified atom stereocenters. The van der Waals surface area contributed by atoms with E-state index in [9.17, 15) is 19.1 Å². The molecular formula is C14H17FN2O3. The van der Waals surface area contributed by atoms with E-state index in [-0.39, 0.29) is 11.3 Å². The predicted octanol–water partition coefficient (Wildman–Crippen LogP) is 1.78. The Hall–Kier alpha value is -2.11. The maximum absolute atomic E-state index is 13.7. The van der Waals surface area contributed by atoms with Gasteiger partial charge in [0.25, 0.3) is 5.91 Å². The maximum atomic E-state index is 13.7. The van der Waals surface area contributed by atoms with Crippen LogP contribution in [-0.4, -0.2) is 23.0 Å². The lowest BCUT2D eigenvalue weighted by molar-refractivity contribution is -0.148. The fourth-order valence-electron chi connectivity index (χ4n) is 2.61. The van der Waals surface area contributed by atoms with Crippen LogP contribution in [0.25, 0.3) is 0 Å². The van der Waals surface area contributed by atoms with Gasteiger partial charge in [0.2, 0.25) is 0 Å². The first-order chi connectivity index (χ1) is 9.34. The Morgan fingerprint density at radius 2 is 2.20 bits per heavy atom. The average molecular weight is 280 g/mol. The standard InChI is InChI=1S/C14H17FN2O3/c1-14(13(19)20)6-2-3-11(14)17-12(18)9-5-4-8(16)7-10(9)15/h4-5,7,11H,2-3,6,16H2,1H3,(H,17,18)(H,19,20). The van der Waals surface area contributed by atoms with Gasteiger partial charge in [-0.3, -0.25) is 9.59 Å². The van der Waals surface area contributed by atoms with Crippen LogP contribution in [0.3, 0.4) is 0 Å². The Morgan fingerprint density at radius 3 is 2.80 bits per heavy atom. The van der Waals surface area contributed by atoms with Crippen molar-refractivity contribution in [2.75, 3.05) is 5.73 Å². The second kappa shape index (κ2) is 5.11. The molecule has 2 atom stereocenters. The van der Waals surface area contributed by atoms with Gasteiger partial charge in [-0.1, -0.05) is 6.42 Å². The van der Waals surface area contributed by atoms with E-state index in [0.717, 1.165) is 12.5 Å². The lowest BCUT2D eigenvalue weighted by atomic mass is 9.85. The smallest absolute Gasteiger partial charge is 0.311 e. The summed E-state index contributed by atoms with van der Waals surface area (Å²) in [4.78, 5) is 23.4. The van der Waals surface area contributed by atoms with Crippen LogP contribution < -0.4 is 11.1 Å². The van der Waals surface area contributed by atoms with Crippen LogP contribution in [-0.2, 0) is 4.79 Å². The highest BCUT2D eigenvalue weighted by molar-refractivity contribution is 5.95. The van der Waals surface area contributed by atoms with Gasteiger partial charge in [0.15, 0.2) is 0 Å². The van der Waals surface area contributed by atoms with E-state index < -0.39 is 29.2 Å². The van der Waals surface area contributed by atoms with E-state index in [1.165, 1.54) is 12.1 Å². The largest absolute Gasteiger partial charge is 0.481 e. The minimum atomic E-state index is -1.00. The summed E-state index contributed by atoms with van der Waals surface area (Å²) in [5, 5.41) is 11.9. The molecule has 1 saturated carbocycles. The fourth-order valence-corrected chi connectivity index (χ4v) is 2.61. The highest BCUT2D eigenvalue weighted by Gasteiger charge is 2.46. The number of rotatable bonds is 3. The van der Waals surface area contributed by atoms with Crippen molar-refractivity contribution < 1.29 is 19.1 Å². The number of nitrogens with two attached hydrogens (primary N) is 1. The Labute approximate surface area is 116 Å². The topological polar surface area (TPSA) is 92.4 Å². The van der Waals surface area contributed by atoms with Crippen molar-refractivity contribution in [2.45, 2.75) is 32.2 Å². The summed E-state index contributed by atoms with van der Waals surface area (Å²) in [5.41, 5.74) is 4.53. The van der Waals surface area contributed by atoms with Crippen molar-refractivity contribution in [1.82, 2.24) is 5.32 Å². The Kier molecular flexibility index (Phi) is 3.65. The van der Waals surface area contributed by atoms with Crippen LogP contribution in [0.1, 0.15) is 36.5 Å². The summed E-state index contributed by atoms with van der Waals surface area (Å²) in [6.07, 6.45) is 1.79. The van der Waals surface area contributed by atoms with E-state index in [2.05, 4.69) is 5.32 Å². The first kappa shape index (κ1) is 14.3. The van der Waals surface area contributed by atoms with Gasteiger partial charge < -0.3 is 16.2 Å². The average Bonchev–Trinajstić information content (AvgIpc) is 2.72. The molecule has 0 saturated heterocycles. The Bertz CT molecular complexity index is 561. The van der Waals surface area contributed by atoms with E-state index in [0.29, 0.717) is 12.8 Å². The molecule has 0 aromatic heterocycles. The summed E-state index contributed by atoms with van der Waals surface area (Å²) < 4.78 is 13.7. The van der Waals surface area contributed by atoms with Crippen molar-refractivity contribution in [3.05, 3.63) is 29.6 Å². The summed E-state index contributed by atoms with van der Waals surface area (Å²) in [5.74, 6) is -2.27. The first-order valence-corrected chi connectivity index (χ1v) is 6.44. The number of benzene rings is 1. The summed E-state index contributed by atoms with van der Waals surface area (Å²) in [6.45, 7) is 1.60. The van der Waals surface area contributed by atoms with Crippen molar-refractivity contribution in [3.8, 4) is 0 Å². The van der Waals surface area contributed by atoms with Gasteiger partial charge in [0, 0.05) is 11.7 Å². The molecule has 1 aliphatic carbocycles. The number of nitrogen functional groups attached to an aromatic ring is 1. The number of hydrogen-bond acceptors (Lipinski definition) is 3. The quantitative estimate of drug-likeness (QED) is 0.736. The number of aliphatic carboxylic acids is 1. The van der Waals surface area contributed by atoms with Crippen LogP contribution in [0.15, 0.2) is 18.2 Å². The monoisotopic (exact) mass is 280 g/mol. The highest BCUT2D eigenvalue weighted by Crippen LogP contribution is 2.38. The molecule has 20 heavy (non-hydrogen) atoms. The molecule has 1 aliphatic rings. The third-order valence-electron chi connectivity index (χ3n) is 3.99. The maximum Gasteiger partial charge on any atom is 0.311 e. The second-order valence-corrected chi connectivity index (χ2v) is 5.38. The van der Waals surface area contributed by atoms with E-state index >= 15 is 0 Å². The normalized spacial score (nSPS) is 25.4. The van der Waals surface area contributed by atoms with Gasteiger partial charge in [0.1, 0.15) is 5.82 Å². The molecule has 4 N–H and O–H groups in total. The minimum Gasteiger partial charge on any atom is -0.481 e. The highest BCUT2D eigenvalue weighted by atomic mass is 19.1. The lowest BCUT2D eigenvalue weighted by Gasteiger charge is -2.27. The predicted molar refractivity (Wildman–Crippen MR) is 71.7 cm³/mol. The van der Waals surface area contributed by atoms with Crippen LogP contribution >= 0.6 is 0 Å². The van der Waals surface area contributed by atoms with Crippen molar-refractivity contribution in [2.24, 2.45) is 5.41 Å². The number of carboxylic acids is 1. The molecule has 0 heterocycles. The van der Waals surface area contributed by atoms with Gasteiger partial charge in [-0.2, -0.15) is 0 Å². The van der Waals surface area contributed by atoms with Gasteiger partial charge in [-0.15, -0.1) is 0 Å². The van der Waals surface area contributed by atoms with Gasteiger partial charge in [-0.25, -0.2) is 4.39 Å². The number of halogens is 1. The second-order valence-electron chi connectivity index (χ2n) is 5.38. The number of amides is 1. The van der Waals surface area contributed by atoms with Gasteiger partial charge >= 0.3 is 5.97 Å². The van der Waals surface area contributed by atoms with Crippen molar-refractivity contribution >= 4 is 17.6 Å². The minimum absolute atomic E-state index is 0.126. The number of nitrogens with one attached hydrogen (secondary N) is 1. The zero-order chi connectivity index (χ0) is 14.9. The molecule has 6 heteroatoms. The Balaban J connectivity index is 2.17. The number of carboxylic acid groups (broad SMARTS) is 1. The van der Waals surface area contributed by atoms with E-state index in [1.807, 2.05) is 0 Å². The fraction of sp³-hybridized carbons (Fsp3) is 0.429. The van der Waals surface area contributed by atoms with Gasteiger partial charge in [0.05, 0.1) is 11.0 Å². The van der Waals surface area contributed by atoms with Crippen molar-refractivity contribution in [1.29, 1.82) is 0 Å². The molecule has 0 spiro atoms. The molecule has 0 bridgehead atoms. The van der Waals surface area contributed by atoms with Crippen LogP contribution in [0, 0.1) is 11.2 Å².